The molecule has 1 aromatic heterocycles. The molecule has 6 aromatic rings. The van der Waals surface area contributed by atoms with E-state index in [1.54, 1.807) is 41.4 Å². The average molecular weight is 650 g/mol. The van der Waals surface area contributed by atoms with Gasteiger partial charge in [-0.15, -0.1) is 0 Å². The van der Waals surface area contributed by atoms with E-state index in [4.69, 9.17) is 9.47 Å². The minimum Gasteiger partial charge on any atom is -0.492 e. The summed E-state index contributed by atoms with van der Waals surface area (Å²) in [6.07, 6.45) is 2.03. The fourth-order valence-corrected chi connectivity index (χ4v) is 5.58. The van der Waals surface area contributed by atoms with Crippen LogP contribution in [-0.2, 0) is 16.0 Å². The first-order chi connectivity index (χ1) is 24.0. The topological polar surface area (TPSA) is 97.8 Å². The third-order valence-electron chi connectivity index (χ3n) is 8.13. The molecule has 5 aromatic carbocycles. The monoisotopic (exact) mass is 649 g/mol. The van der Waals surface area contributed by atoms with Crippen molar-refractivity contribution >= 4 is 39.8 Å². The quantitative estimate of drug-likeness (QED) is 0.103. The number of hydrogen-bond donors (Lipinski definition) is 1. The molecule has 1 atom stereocenters. The normalized spacial score (nSPS) is 11.4. The number of methoxy groups -OCH3 is 1. The highest BCUT2D eigenvalue weighted by Gasteiger charge is 2.23. The zero-order valence-electron chi connectivity index (χ0n) is 27.0. The minimum absolute atomic E-state index is 0.144. The highest BCUT2D eigenvalue weighted by molar-refractivity contribution is 6.12. The van der Waals surface area contributed by atoms with Gasteiger partial charge in [0.25, 0.3) is 5.91 Å². The van der Waals surface area contributed by atoms with Crippen LogP contribution in [0.1, 0.15) is 32.0 Å². The summed E-state index contributed by atoms with van der Waals surface area (Å²) in [7, 11) is 1.34. The van der Waals surface area contributed by atoms with Crippen molar-refractivity contribution in [3.63, 3.8) is 0 Å². The Kier molecular flexibility index (Phi) is 10.4. The molecule has 0 aliphatic carbocycles. The van der Waals surface area contributed by atoms with Crippen LogP contribution in [0.4, 0.5) is 11.4 Å². The number of para-hydroxylation sites is 2. The number of ether oxygens (including phenoxy) is 2. The lowest BCUT2D eigenvalue weighted by Crippen LogP contribution is -2.35. The van der Waals surface area contributed by atoms with Gasteiger partial charge in [0.05, 0.1) is 13.7 Å². The largest absolute Gasteiger partial charge is 0.492 e. The molecule has 0 saturated carbocycles. The van der Waals surface area contributed by atoms with Gasteiger partial charge in [-0.1, -0.05) is 97.1 Å². The summed E-state index contributed by atoms with van der Waals surface area (Å²) in [6.45, 7) is 0.542. The van der Waals surface area contributed by atoms with E-state index in [-0.39, 0.29) is 18.3 Å². The number of esters is 1. The summed E-state index contributed by atoms with van der Waals surface area (Å²) in [5.74, 6) is -0.192. The fraction of sp³-hybridized carbons (Fsp3) is 0.122. The van der Waals surface area contributed by atoms with Crippen molar-refractivity contribution in [2.45, 2.75) is 12.5 Å². The molecule has 1 unspecified atom stereocenters. The van der Waals surface area contributed by atoms with Gasteiger partial charge in [0.15, 0.2) is 5.78 Å². The molecular weight excluding hydrogens is 614 g/mol. The van der Waals surface area contributed by atoms with Crippen LogP contribution in [-0.4, -0.2) is 48.9 Å². The highest BCUT2D eigenvalue weighted by atomic mass is 16.5. The Labute approximate surface area is 285 Å². The lowest BCUT2D eigenvalue weighted by atomic mass is 10.00. The van der Waals surface area contributed by atoms with Gasteiger partial charge >= 0.3 is 5.97 Å². The van der Waals surface area contributed by atoms with Crippen molar-refractivity contribution in [1.29, 1.82) is 0 Å². The second-order valence-electron chi connectivity index (χ2n) is 11.4. The molecule has 0 spiro atoms. The summed E-state index contributed by atoms with van der Waals surface area (Å²) >= 11 is 0. The number of ketones is 1. The van der Waals surface area contributed by atoms with Crippen LogP contribution in [0, 0.1) is 0 Å². The van der Waals surface area contributed by atoms with E-state index in [1.165, 1.54) is 7.11 Å². The number of nitrogens with one attached hydrogen (secondary N) is 1. The van der Waals surface area contributed by atoms with Gasteiger partial charge in [-0.25, -0.2) is 4.79 Å². The summed E-state index contributed by atoms with van der Waals surface area (Å²) < 4.78 is 11.2. The summed E-state index contributed by atoms with van der Waals surface area (Å²) in [4.78, 5) is 45.9. The smallest absolute Gasteiger partial charge is 0.328 e. The first-order valence-electron chi connectivity index (χ1n) is 16.0. The van der Waals surface area contributed by atoms with Crippen molar-refractivity contribution in [2.24, 2.45) is 0 Å². The van der Waals surface area contributed by atoms with Crippen molar-refractivity contribution in [2.75, 3.05) is 30.5 Å². The SMILES string of the molecule is COC(=O)C(Cc1ccc(OCCN(C(=O)c2cc3ccccc3cn2)c2ccccc2)cc1)Nc1ccccc1C(=O)c1ccccc1. The third-order valence-corrected chi connectivity index (χ3v) is 8.13. The summed E-state index contributed by atoms with van der Waals surface area (Å²) in [5, 5.41) is 5.15. The van der Waals surface area contributed by atoms with Crippen molar-refractivity contribution < 1.29 is 23.9 Å². The number of pyridine rings is 1. The van der Waals surface area contributed by atoms with E-state index in [9.17, 15) is 14.4 Å². The Hall–Kier alpha value is -6.28. The first kappa shape index (κ1) is 32.7. The number of carbonyl (C=O) groups excluding carboxylic acids is 3. The summed E-state index contributed by atoms with van der Waals surface area (Å²) in [5.41, 5.74) is 3.53. The Balaban J connectivity index is 1.12. The molecule has 0 fully saturated rings. The van der Waals surface area contributed by atoms with Crippen LogP contribution >= 0.6 is 0 Å². The molecule has 244 valence electrons. The molecule has 1 heterocycles. The Morgan fingerprint density at radius 3 is 2.14 bits per heavy atom. The van der Waals surface area contributed by atoms with E-state index in [2.05, 4.69) is 10.3 Å². The molecule has 49 heavy (non-hydrogen) atoms. The molecular formula is C41H35N3O5. The lowest BCUT2D eigenvalue weighted by Gasteiger charge is -2.23. The van der Waals surface area contributed by atoms with Gasteiger partial charge in [0, 0.05) is 40.5 Å². The predicted octanol–water partition coefficient (Wildman–Crippen LogP) is 7.39. The third kappa shape index (κ3) is 8.00. The van der Waals surface area contributed by atoms with E-state index in [0.29, 0.717) is 41.2 Å². The van der Waals surface area contributed by atoms with Crippen LogP contribution in [0.3, 0.4) is 0 Å². The zero-order valence-corrected chi connectivity index (χ0v) is 27.0. The number of nitrogens with zero attached hydrogens (tertiary/aromatic N) is 2. The van der Waals surface area contributed by atoms with E-state index in [1.807, 2.05) is 109 Å². The molecule has 8 heteroatoms. The molecule has 0 aliphatic heterocycles. The Morgan fingerprint density at radius 1 is 0.755 bits per heavy atom. The molecule has 1 N–H and O–H groups in total. The van der Waals surface area contributed by atoms with Crippen molar-refractivity contribution in [1.82, 2.24) is 4.98 Å². The molecule has 6 rings (SSSR count). The first-order valence-corrected chi connectivity index (χ1v) is 16.0. The molecule has 0 bridgehead atoms. The van der Waals surface area contributed by atoms with Gasteiger partial charge in [0.2, 0.25) is 0 Å². The number of amides is 1. The molecule has 0 saturated heterocycles. The van der Waals surface area contributed by atoms with E-state index >= 15 is 0 Å². The van der Waals surface area contributed by atoms with E-state index < -0.39 is 12.0 Å². The molecule has 0 aliphatic rings. The van der Waals surface area contributed by atoms with Crippen LogP contribution in [0.5, 0.6) is 5.75 Å². The lowest BCUT2D eigenvalue weighted by molar-refractivity contribution is -0.141. The van der Waals surface area contributed by atoms with Gasteiger partial charge in [-0.05, 0) is 53.4 Å². The van der Waals surface area contributed by atoms with Crippen molar-refractivity contribution in [3.05, 3.63) is 168 Å². The number of benzene rings is 5. The average Bonchev–Trinajstić information content (AvgIpc) is 3.16. The van der Waals surface area contributed by atoms with Crippen LogP contribution < -0.4 is 15.0 Å². The maximum absolute atomic E-state index is 13.7. The van der Waals surface area contributed by atoms with E-state index in [0.717, 1.165) is 22.0 Å². The number of hydrogen-bond acceptors (Lipinski definition) is 7. The minimum atomic E-state index is -0.740. The number of fused-ring (bicyclic) bond motifs is 1. The maximum Gasteiger partial charge on any atom is 0.328 e. The van der Waals surface area contributed by atoms with Gasteiger partial charge in [-0.3, -0.25) is 14.6 Å². The van der Waals surface area contributed by atoms with Gasteiger partial charge in [-0.2, -0.15) is 0 Å². The molecule has 8 nitrogen and oxygen atoms in total. The Bertz CT molecular complexity index is 2050. The Morgan fingerprint density at radius 2 is 1.41 bits per heavy atom. The van der Waals surface area contributed by atoms with Crippen LogP contribution in [0.25, 0.3) is 10.8 Å². The maximum atomic E-state index is 13.7. The number of aromatic nitrogens is 1. The number of carbonyl (C=O) groups is 3. The van der Waals surface area contributed by atoms with Gasteiger partial charge < -0.3 is 19.7 Å². The molecule has 0 radical (unpaired) electrons. The van der Waals surface area contributed by atoms with Crippen LogP contribution in [0.2, 0.25) is 0 Å². The fourth-order valence-electron chi connectivity index (χ4n) is 5.58. The number of anilines is 2. The van der Waals surface area contributed by atoms with Gasteiger partial charge in [0.1, 0.15) is 24.1 Å². The number of rotatable bonds is 13. The van der Waals surface area contributed by atoms with Crippen molar-refractivity contribution in [3.8, 4) is 5.75 Å². The second-order valence-corrected chi connectivity index (χ2v) is 11.4. The second kappa shape index (κ2) is 15.5. The van der Waals surface area contributed by atoms with Crippen LogP contribution in [0.15, 0.2) is 146 Å². The standard InChI is InChI=1S/C41H35N3O5/c1-48-41(47)38(43-36-19-11-10-18-35(36)39(45)30-12-4-2-5-13-30)26-29-20-22-34(23-21-29)49-25-24-44(33-16-6-3-7-17-33)40(46)37-27-31-14-8-9-15-32(31)28-42-37/h2-23,27-28,38,43H,24-26H2,1H3. The summed E-state index contributed by atoms with van der Waals surface area (Å²) in [6, 6.07) is 41.9. The zero-order chi connectivity index (χ0) is 34.0. The molecule has 1 amide bonds. The predicted molar refractivity (Wildman–Crippen MR) is 191 cm³/mol. The highest BCUT2D eigenvalue weighted by Crippen LogP contribution is 2.23.